The van der Waals surface area contributed by atoms with Crippen LogP contribution in [0.15, 0.2) is 0 Å². The highest BCUT2D eigenvalue weighted by Gasteiger charge is 1.75. The van der Waals surface area contributed by atoms with Gasteiger partial charge in [-0.2, -0.15) is 0 Å². The van der Waals surface area contributed by atoms with Gasteiger partial charge in [0.1, 0.15) is 0 Å². The number of nitrogens with zero attached hydrogens (tertiary/aromatic N) is 1. The highest BCUT2D eigenvalue weighted by Crippen LogP contribution is 2.10. The van der Waals surface area contributed by atoms with Crippen LogP contribution in [-0.4, -0.2) is 18.4 Å². The van der Waals surface area contributed by atoms with E-state index >= 15 is 0 Å². The number of hydrogen-bond acceptors (Lipinski definition) is 2. The number of rotatable bonds is 1. The molecular formula is C2H6BrNS. The van der Waals surface area contributed by atoms with Crippen molar-refractivity contribution in [1.82, 2.24) is 4.31 Å². The minimum absolute atomic E-state index is 1.53. The van der Waals surface area contributed by atoms with Crippen molar-refractivity contribution in [3.05, 3.63) is 0 Å². The monoisotopic (exact) mass is 155 g/mol. The molecule has 1 nitrogen and oxygen atoms in total. The molecule has 0 N–H and O–H groups in total. The van der Waals surface area contributed by atoms with Gasteiger partial charge in [0.05, 0.1) is 0 Å². The summed E-state index contributed by atoms with van der Waals surface area (Å²) in [6, 6.07) is 0. The van der Waals surface area contributed by atoms with E-state index < -0.39 is 0 Å². The molecule has 0 aromatic heterocycles. The third-order valence-corrected chi connectivity index (χ3v) is 2.15. The molecule has 0 aliphatic carbocycles. The van der Waals surface area contributed by atoms with Crippen LogP contribution < -0.4 is 0 Å². The van der Waals surface area contributed by atoms with Crippen molar-refractivity contribution in [3.8, 4) is 0 Å². The van der Waals surface area contributed by atoms with Crippen molar-refractivity contribution in [3.63, 3.8) is 0 Å². The van der Waals surface area contributed by atoms with Gasteiger partial charge in [0, 0.05) is 25.2 Å². The molecule has 0 aromatic rings. The van der Waals surface area contributed by atoms with Gasteiger partial charge in [-0.1, -0.05) is 0 Å². The zero-order chi connectivity index (χ0) is 4.28. The summed E-state index contributed by atoms with van der Waals surface area (Å²) in [6.45, 7) is 0. The molecule has 0 amide bonds. The Hall–Kier alpha value is 0.790. The van der Waals surface area contributed by atoms with Gasteiger partial charge in [-0.3, -0.25) is 0 Å². The first-order valence-corrected chi connectivity index (χ1v) is 3.85. The highest BCUT2D eigenvalue weighted by molar-refractivity contribution is 9.49. The van der Waals surface area contributed by atoms with E-state index in [1.54, 1.807) is 0 Å². The van der Waals surface area contributed by atoms with Gasteiger partial charge in [0.25, 0.3) is 0 Å². The molecule has 0 rings (SSSR count). The Morgan fingerprint density at radius 2 is 1.80 bits per heavy atom. The van der Waals surface area contributed by atoms with Crippen molar-refractivity contribution in [2.75, 3.05) is 14.1 Å². The third kappa shape index (κ3) is 4.79. The number of hydrogen-bond donors (Lipinski definition) is 0. The van der Waals surface area contributed by atoms with E-state index in [1.165, 1.54) is 10.4 Å². The van der Waals surface area contributed by atoms with Crippen LogP contribution in [0.4, 0.5) is 0 Å². The predicted molar refractivity (Wildman–Crippen MR) is 30.2 cm³/mol. The van der Waals surface area contributed by atoms with Crippen LogP contribution in [0.25, 0.3) is 0 Å². The molecule has 0 radical (unpaired) electrons. The minimum atomic E-state index is 1.53. The first kappa shape index (κ1) is 5.79. The summed E-state index contributed by atoms with van der Waals surface area (Å²) < 4.78 is 1.96. The first-order valence-electron chi connectivity index (χ1n) is 1.23. The number of halogens is 1. The van der Waals surface area contributed by atoms with Crippen LogP contribution in [0.5, 0.6) is 0 Å². The fourth-order valence-corrected chi connectivity index (χ4v) is 0. The Balaban J connectivity index is 2.54. The second kappa shape index (κ2) is 3.00. The van der Waals surface area contributed by atoms with Crippen molar-refractivity contribution < 1.29 is 0 Å². The van der Waals surface area contributed by atoms with Crippen LogP contribution in [0.3, 0.4) is 0 Å². The lowest BCUT2D eigenvalue weighted by molar-refractivity contribution is 0.712. The van der Waals surface area contributed by atoms with Gasteiger partial charge in [-0.05, 0) is 14.1 Å². The zero-order valence-electron chi connectivity index (χ0n) is 3.23. The van der Waals surface area contributed by atoms with Crippen LogP contribution in [0.1, 0.15) is 0 Å². The predicted octanol–water partition coefficient (Wildman–Crippen LogP) is 1.51. The quantitative estimate of drug-likeness (QED) is 0.529. The molecule has 0 aromatic carbocycles. The molecule has 0 aliphatic heterocycles. The van der Waals surface area contributed by atoms with E-state index in [0.29, 0.717) is 0 Å². The molecule has 0 fully saturated rings. The first-order chi connectivity index (χ1) is 2.27. The molecule has 0 saturated carbocycles. The van der Waals surface area contributed by atoms with Crippen molar-refractivity contribution in [2.45, 2.75) is 0 Å². The van der Waals surface area contributed by atoms with Crippen molar-refractivity contribution in [2.24, 2.45) is 0 Å². The second-order valence-corrected chi connectivity index (χ2v) is 2.62. The SMILES string of the molecule is CN(C)SBr. The Morgan fingerprint density at radius 3 is 1.80 bits per heavy atom. The summed E-state index contributed by atoms with van der Waals surface area (Å²) in [4.78, 5) is 0. The topological polar surface area (TPSA) is 3.24 Å². The Kier molecular flexibility index (Phi) is 3.47. The summed E-state index contributed by atoms with van der Waals surface area (Å²) in [5, 5.41) is 0. The largest absolute Gasteiger partial charge is 0.247 e. The zero-order valence-corrected chi connectivity index (χ0v) is 5.64. The smallest absolute Gasteiger partial charge is 0.00717 e. The van der Waals surface area contributed by atoms with E-state index in [4.69, 9.17) is 0 Å². The molecule has 0 saturated heterocycles. The molecule has 0 atom stereocenters. The van der Waals surface area contributed by atoms with Gasteiger partial charge in [-0.25, -0.2) is 4.31 Å². The molecule has 0 unspecified atom stereocenters. The highest BCUT2D eigenvalue weighted by atomic mass is 79.9. The van der Waals surface area contributed by atoms with E-state index in [1.807, 2.05) is 18.4 Å². The molecule has 0 spiro atoms. The Bertz CT molecular complexity index is 23.6. The summed E-state index contributed by atoms with van der Waals surface area (Å²) in [6.07, 6.45) is 0. The van der Waals surface area contributed by atoms with Crippen LogP contribution in [-0.2, 0) is 0 Å². The maximum absolute atomic E-state index is 3.16. The van der Waals surface area contributed by atoms with Gasteiger partial charge in [0.2, 0.25) is 0 Å². The molecule has 0 aliphatic rings. The van der Waals surface area contributed by atoms with Crippen molar-refractivity contribution >= 4 is 25.2 Å². The third-order valence-electron chi connectivity index (χ3n) is 0.138. The fourth-order valence-electron chi connectivity index (χ4n) is 0. The summed E-state index contributed by atoms with van der Waals surface area (Å²) in [5.74, 6) is 0. The Labute approximate surface area is 44.1 Å². The van der Waals surface area contributed by atoms with Gasteiger partial charge < -0.3 is 0 Å². The molecule has 5 heavy (non-hydrogen) atoms. The summed E-state index contributed by atoms with van der Waals surface area (Å²) in [5.41, 5.74) is 0. The van der Waals surface area contributed by atoms with Gasteiger partial charge in [-0.15, -0.1) is 0 Å². The second-order valence-electron chi connectivity index (χ2n) is 0.881. The Morgan fingerprint density at radius 1 is 1.60 bits per heavy atom. The average Bonchev–Trinajstić information content (AvgIpc) is 1.38. The molecule has 3 heteroatoms. The van der Waals surface area contributed by atoms with E-state index in [-0.39, 0.29) is 0 Å². The maximum atomic E-state index is 3.16. The lowest BCUT2D eigenvalue weighted by Crippen LogP contribution is -1.93. The fraction of sp³-hybridized carbons (Fsp3) is 1.00. The molecule has 0 bridgehead atoms. The van der Waals surface area contributed by atoms with Crippen molar-refractivity contribution in [1.29, 1.82) is 0 Å². The van der Waals surface area contributed by atoms with E-state index in [0.717, 1.165) is 0 Å². The lowest BCUT2D eigenvalue weighted by atomic mass is 11.3. The lowest BCUT2D eigenvalue weighted by Gasteiger charge is -1.96. The minimum Gasteiger partial charge on any atom is -0.247 e. The van der Waals surface area contributed by atoms with Crippen LogP contribution in [0, 0.1) is 0 Å². The average molecular weight is 156 g/mol. The summed E-state index contributed by atoms with van der Waals surface area (Å²) >= 11 is 3.16. The van der Waals surface area contributed by atoms with Crippen LogP contribution >= 0.6 is 25.2 Å². The normalized spacial score (nSPS) is 9.60. The molecule has 32 valence electrons. The van der Waals surface area contributed by atoms with E-state index in [2.05, 4.69) is 14.8 Å². The standard InChI is InChI=1S/C2H6BrNS/c1-4(2)5-3/h1-2H3. The van der Waals surface area contributed by atoms with Gasteiger partial charge >= 0.3 is 0 Å². The molecule has 0 heterocycles. The van der Waals surface area contributed by atoms with Crippen LogP contribution in [0.2, 0.25) is 0 Å². The van der Waals surface area contributed by atoms with Gasteiger partial charge in [0.15, 0.2) is 0 Å². The summed E-state index contributed by atoms with van der Waals surface area (Å²) in [7, 11) is 5.47. The molecular weight excluding hydrogens is 150 g/mol. The van der Waals surface area contributed by atoms with E-state index in [9.17, 15) is 0 Å². The maximum Gasteiger partial charge on any atom is 0.00717 e.